The first-order chi connectivity index (χ1) is 10.3. The van der Waals surface area contributed by atoms with Gasteiger partial charge >= 0.3 is 0 Å². The predicted molar refractivity (Wildman–Crippen MR) is 85.4 cm³/mol. The number of rotatable bonds is 3. The van der Waals surface area contributed by atoms with Crippen LogP contribution in [-0.4, -0.2) is 29.6 Å². The van der Waals surface area contributed by atoms with E-state index in [0.29, 0.717) is 11.7 Å². The Hall–Kier alpha value is -1.28. The number of likely N-dealkylation sites (tertiary alicyclic amines) is 1. The van der Waals surface area contributed by atoms with Gasteiger partial charge in [0.25, 0.3) is 0 Å². The Kier molecular flexibility index (Phi) is 3.30. The van der Waals surface area contributed by atoms with Crippen molar-refractivity contribution in [1.29, 1.82) is 0 Å². The third kappa shape index (κ3) is 2.50. The van der Waals surface area contributed by atoms with Crippen LogP contribution in [0.1, 0.15) is 37.7 Å². The second-order valence-corrected chi connectivity index (χ2v) is 7.27. The van der Waals surface area contributed by atoms with Crippen LogP contribution in [-0.2, 0) is 5.41 Å². The van der Waals surface area contributed by atoms with Gasteiger partial charge in [0.2, 0.25) is 0 Å². The minimum Gasteiger partial charge on any atom is -0.508 e. The van der Waals surface area contributed by atoms with E-state index in [-0.39, 0.29) is 5.41 Å². The van der Waals surface area contributed by atoms with Gasteiger partial charge in [0.15, 0.2) is 0 Å². The molecule has 0 amide bonds. The lowest BCUT2D eigenvalue weighted by Crippen LogP contribution is -2.51. The van der Waals surface area contributed by atoms with Gasteiger partial charge in [-0.25, -0.2) is 0 Å². The van der Waals surface area contributed by atoms with Gasteiger partial charge in [-0.05, 0) is 68.2 Å². The Morgan fingerprint density at radius 1 is 1.24 bits per heavy atom. The van der Waals surface area contributed by atoms with E-state index in [1.54, 1.807) is 6.07 Å². The molecule has 2 nitrogen and oxygen atoms in total. The molecule has 2 atom stereocenters. The van der Waals surface area contributed by atoms with Crippen molar-refractivity contribution in [1.82, 2.24) is 4.90 Å². The third-order valence-electron chi connectivity index (χ3n) is 5.84. The summed E-state index contributed by atoms with van der Waals surface area (Å²) in [5.74, 6) is 2.10. The minimum atomic E-state index is 0.257. The van der Waals surface area contributed by atoms with E-state index in [9.17, 15) is 5.11 Å². The molecular formula is C19H25NO. The Labute approximate surface area is 127 Å². The van der Waals surface area contributed by atoms with Crippen LogP contribution in [0, 0.1) is 11.8 Å². The summed E-state index contributed by atoms with van der Waals surface area (Å²) in [5.41, 5.74) is 1.61. The van der Waals surface area contributed by atoms with Gasteiger partial charge in [-0.15, -0.1) is 0 Å². The van der Waals surface area contributed by atoms with Crippen molar-refractivity contribution in [2.75, 3.05) is 19.6 Å². The molecule has 4 rings (SSSR count). The number of benzene rings is 1. The molecule has 1 saturated heterocycles. The number of hydrogen-bond acceptors (Lipinski definition) is 2. The molecule has 2 heteroatoms. The Morgan fingerprint density at radius 3 is 2.95 bits per heavy atom. The van der Waals surface area contributed by atoms with Gasteiger partial charge in [0, 0.05) is 18.5 Å². The lowest BCUT2D eigenvalue weighted by molar-refractivity contribution is 0.0838. The van der Waals surface area contributed by atoms with Gasteiger partial charge in [-0.2, -0.15) is 0 Å². The van der Waals surface area contributed by atoms with Crippen LogP contribution in [0.3, 0.4) is 0 Å². The molecule has 0 spiro atoms. The first kappa shape index (κ1) is 13.4. The fourth-order valence-corrected chi connectivity index (χ4v) is 4.41. The number of phenolic OH excluding ortho intramolecular Hbond substituents is 1. The Balaban J connectivity index is 1.61. The molecule has 1 heterocycles. The molecule has 1 N–H and O–H groups in total. The van der Waals surface area contributed by atoms with Gasteiger partial charge in [-0.1, -0.05) is 24.3 Å². The SMILES string of the molecule is Oc1cccc(C23CC=CC[C@H]2CN(CC2CC2)CC3)c1. The van der Waals surface area contributed by atoms with Crippen molar-refractivity contribution >= 4 is 0 Å². The van der Waals surface area contributed by atoms with E-state index >= 15 is 0 Å². The smallest absolute Gasteiger partial charge is 0.115 e. The number of nitrogens with zero attached hydrogens (tertiary/aromatic N) is 1. The zero-order valence-corrected chi connectivity index (χ0v) is 12.7. The molecular weight excluding hydrogens is 258 g/mol. The van der Waals surface area contributed by atoms with Crippen LogP contribution in [0.2, 0.25) is 0 Å². The topological polar surface area (TPSA) is 23.5 Å². The van der Waals surface area contributed by atoms with E-state index < -0.39 is 0 Å². The molecule has 2 aliphatic carbocycles. The molecule has 0 bridgehead atoms. The number of allylic oxidation sites excluding steroid dienone is 2. The minimum absolute atomic E-state index is 0.257. The molecule has 1 aromatic rings. The maximum absolute atomic E-state index is 9.88. The first-order valence-corrected chi connectivity index (χ1v) is 8.43. The highest BCUT2D eigenvalue weighted by Crippen LogP contribution is 2.48. The van der Waals surface area contributed by atoms with Gasteiger partial charge in [-0.3, -0.25) is 0 Å². The summed E-state index contributed by atoms with van der Waals surface area (Å²) in [7, 11) is 0. The number of hydrogen-bond donors (Lipinski definition) is 1. The number of aromatic hydroxyl groups is 1. The second-order valence-electron chi connectivity index (χ2n) is 7.27. The lowest BCUT2D eigenvalue weighted by Gasteiger charge is -2.50. The zero-order chi connectivity index (χ0) is 14.3. The summed E-state index contributed by atoms with van der Waals surface area (Å²) in [6.45, 7) is 3.77. The van der Waals surface area contributed by atoms with Crippen LogP contribution in [0.4, 0.5) is 0 Å². The molecule has 1 unspecified atom stereocenters. The summed E-state index contributed by atoms with van der Waals surface area (Å²) < 4.78 is 0. The van der Waals surface area contributed by atoms with Crippen LogP contribution >= 0.6 is 0 Å². The fourth-order valence-electron chi connectivity index (χ4n) is 4.41. The molecule has 0 aromatic heterocycles. The predicted octanol–water partition coefficient (Wildman–Crippen LogP) is 3.71. The number of fused-ring (bicyclic) bond motifs is 1. The standard InChI is InChI=1S/C19H25NO/c21-18-6-3-5-16(12-18)19-9-2-1-4-17(19)14-20(11-10-19)13-15-7-8-15/h1-3,5-6,12,15,17,21H,4,7-11,13-14H2/t17-,19?/m0/s1. The third-order valence-corrected chi connectivity index (χ3v) is 5.84. The van der Waals surface area contributed by atoms with Crippen LogP contribution < -0.4 is 0 Å². The largest absolute Gasteiger partial charge is 0.508 e. The molecule has 2 fully saturated rings. The van der Waals surface area contributed by atoms with Crippen LogP contribution in [0.25, 0.3) is 0 Å². The van der Waals surface area contributed by atoms with E-state index in [4.69, 9.17) is 0 Å². The maximum Gasteiger partial charge on any atom is 0.115 e. The Bertz CT molecular complexity index is 548. The van der Waals surface area contributed by atoms with Crippen molar-refractivity contribution in [3.05, 3.63) is 42.0 Å². The highest BCUT2D eigenvalue weighted by molar-refractivity contribution is 5.36. The average Bonchev–Trinajstić information content (AvgIpc) is 3.31. The monoisotopic (exact) mass is 283 g/mol. The second kappa shape index (κ2) is 5.17. The van der Waals surface area contributed by atoms with Crippen molar-refractivity contribution in [2.45, 2.75) is 37.5 Å². The van der Waals surface area contributed by atoms with Crippen molar-refractivity contribution in [2.24, 2.45) is 11.8 Å². The summed E-state index contributed by atoms with van der Waals surface area (Å²) in [6.07, 6.45) is 11.2. The van der Waals surface area contributed by atoms with E-state index in [2.05, 4.69) is 23.1 Å². The average molecular weight is 283 g/mol. The molecule has 1 saturated carbocycles. The normalized spacial score (nSPS) is 32.9. The molecule has 21 heavy (non-hydrogen) atoms. The van der Waals surface area contributed by atoms with Crippen molar-refractivity contribution in [3.63, 3.8) is 0 Å². The van der Waals surface area contributed by atoms with Gasteiger partial charge in [0.1, 0.15) is 5.75 Å². The highest BCUT2D eigenvalue weighted by atomic mass is 16.3. The summed E-state index contributed by atoms with van der Waals surface area (Å²) in [5, 5.41) is 9.88. The quantitative estimate of drug-likeness (QED) is 0.855. The summed E-state index contributed by atoms with van der Waals surface area (Å²) in [6, 6.07) is 8.02. The molecule has 1 aliphatic heterocycles. The molecule has 3 aliphatic rings. The highest BCUT2D eigenvalue weighted by Gasteiger charge is 2.44. The van der Waals surface area contributed by atoms with E-state index in [1.807, 2.05) is 12.1 Å². The maximum atomic E-state index is 9.88. The fraction of sp³-hybridized carbons (Fsp3) is 0.579. The first-order valence-electron chi connectivity index (χ1n) is 8.43. The van der Waals surface area contributed by atoms with Gasteiger partial charge in [0.05, 0.1) is 0 Å². The van der Waals surface area contributed by atoms with Crippen LogP contribution in [0.15, 0.2) is 36.4 Å². The summed E-state index contributed by atoms with van der Waals surface area (Å²) >= 11 is 0. The number of phenols is 1. The Morgan fingerprint density at radius 2 is 2.14 bits per heavy atom. The van der Waals surface area contributed by atoms with Crippen molar-refractivity contribution in [3.8, 4) is 5.75 Å². The van der Waals surface area contributed by atoms with Crippen LogP contribution in [0.5, 0.6) is 5.75 Å². The van der Waals surface area contributed by atoms with E-state index in [1.165, 1.54) is 50.9 Å². The number of piperidine rings is 1. The molecule has 1 aromatic carbocycles. The lowest BCUT2D eigenvalue weighted by atomic mass is 9.61. The molecule has 0 radical (unpaired) electrons. The van der Waals surface area contributed by atoms with E-state index in [0.717, 1.165) is 12.3 Å². The zero-order valence-electron chi connectivity index (χ0n) is 12.7. The van der Waals surface area contributed by atoms with Crippen molar-refractivity contribution < 1.29 is 5.11 Å². The summed E-state index contributed by atoms with van der Waals surface area (Å²) in [4.78, 5) is 2.70. The molecule has 112 valence electrons. The van der Waals surface area contributed by atoms with Gasteiger partial charge < -0.3 is 10.0 Å².